The number of hydrazone groups is 1. The van der Waals surface area contributed by atoms with Gasteiger partial charge in [0.25, 0.3) is 0 Å². The third kappa shape index (κ3) is 1.40. The molecule has 0 aliphatic rings. The summed E-state index contributed by atoms with van der Waals surface area (Å²) in [5.41, 5.74) is 1.78. The molecule has 1 aromatic carbocycles. The number of thiazole rings is 1. The number of nitrogens with zero attached hydrogens (tertiary/aromatic N) is 2. The SMILES string of the molecule is C/C(=N/N)c1nc2ccccc2s1. The summed E-state index contributed by atoms with van der Waals surface area (Å²) in [6.07, 6.45) is 0. The molecule has 0 spiro atoms. The first-order chi connectivity index (χ1) is 6.31. The van der Waals surface area contributed by atoms with Crippen LogP contribution in [0.4, 0.5) is 0 Å². The highest BCUT2D eigenvalue weighted by molar-refractivity contribution is 7.20. The molecule has 0 saturated heterocycles. The van der Waals surface area contributed by atoms with Gasteiger partial charge in [-0.15, -0.1) is 11.3 Å². The third-order valence-corrected chi connectivity index (χ3v) is 2.94. The standard InChI is InChI=1S/C9H9N3S/c1-6(12-10)9-11-7-4-2-3-5-8(7)13-9/h2-5H,10H2,1H3/b12-6-. The van der Waals surface area contributed by atoms with Crippen LogP contribution >= 0.6 is 11.3 Å². The summed E-state index contributed by atoms with van der Waals surface area (Å²) in [4.78, 5) is 4.39. The highest BCUT2D eigenvalue weighted by atomic mass is 32.1. The maximum atomic E-state index is 5.18. The van der Waals surface area contributed by atoms with Gasteiger partial charge in [-0.25, -0.2) is 4.98 Å². The van der Waals surface area contributed by atoms with E-state index in [0.717, 1.165) is 16.2 Å². The minimum atomic E-state index is 0.779. The van der Waals surface area contributed by atoms with Crippen LogP contribution in [0.3, 0.4) is 0 Å². The topological polar surface area (TPSA) is 51.3 Å². The Kier molecular flexibility index (Phi) is 1.98. The van der Waals surface area contributed by atoms with Crippen molar-refractivity contribution < 1.29 is 0 Å². The van der Waals surface area contributed by atoms with Gasteiger partial charge in [0.05, 0.1) is 15.9 Å². The second kappa shape index (κ2) is 3.14. The van der Waals surface area contributed by atoms with Crippen LogP contribution in [-0.4, -0.2) is 10.7 Å². The molecule has 0 amide bonds. The van der Waals surface area contributed by atoms with Crippen molar-refractivity contribution in [2.75, 3.05) is 0 Å². The van der Waals surface area contributed by atoms with Gasteiger partial charge in [-0.2, -0.15) is 5.10 Å². The van der Waals surface area contributed by atoms with Gasteiger partial charge in [-0.05, 0) is 19.1 Å². The van der Waals surface area contributed by atoms with Crippen molar-refractivity contribution >= 4 is 27.3 Å². The first kappa shape index (κ1) is 8.19. The summed E-state index contributed by atoms with van der Waals surface area (Å²) in [5.74, 6) is 5.18. The smallest absolute Gasteiger partial charge is 0.140 e. The molecule has 2 rings (SSSR count). The van der Waals surface area contributed by atoms with E-state index in [1.807, 2.05) is 31.2 Å². The van der Waals surface area contributed by atoms with E-state index in [4.69, 9.17) is 5.84 Å². The van der Waals surface area contributed by atoms with Gasteiger partial charge >= 0.3 is 0 Å². The van der Waals surface area contributed by atoms with Crippen LogP contribution in [0, 0.1) is 0 Å². The molecule has 0 fully saturated rings. The lowest BCUT2D eigenvalue weighted by molar-refractivity contribution is 1.23. The van der Waals surface area contributed by atoms with E-state index in [2.05, 4.69) is 10.1 Å². The molecule has 1 aromatic heterocycles. The molecular weight excluding hydrogens is 182 g/mol. The van der Waals surface area contributed by atoms with Gasteiger partial charge in [0.15, 0.2) is 0 Å². The monoisotopic (exact) mass is 191 g/mol. The van der Waals surface area contributed by atoms with Gasteiger partial charge in [0, 0.05) is 0 Å². The number of benzene rings is 1. The van der Waals surface area contributed by atoms with Crippen LogP contribution in [0.25, 0.3) is 10.2 Å². The second-order valence-corrected chi connectivity index (χ2v) is 3.73. The van der Waals surface area contributed by atoms with Crippen LogP contribution < -0.4 is 5.84 Å². The molecule has 3 nitrogen and oxygen atoms in total. The Morgan fingerprint density at radius 1 is 1.46 bits per heavy atom. The third-order valence-electron chi connectivity index (χ3n) is 1.80. The zero-order chi connectivity index (χ0) is 9.26. The summed E-state index contributed by atoms with van der Waals surface area (Å²) < 4.78 is 1.17. The predicted molar refractivity (Wildman–Crippen MR) is 56.0 cm³/mol. The van der Waals surface area contributed by atoms with Crippen LogP contribution in [-0.2, 0) is 0 Å². The quantitative estimate of drug-likeness (QED) is 0.425. The van der Waals surface area contributed by atoms with Crippen molar-refractivity contribution in [3.05, 3.63) is 29.3 Å². The molecule has 4 heteroatoms. The number of para-hydroxylation sites is 1. The number of fused-ring (bicyclic) bond motifs is 1. The predicted octanol–water partition coefficient (Wildman–Crippen LogP) is 1.98. The van der Waals surface area contributed by atoms with Crippen LogP contribution in [0.5, 0.6) is 0 Å². The lowest BCUT2D eigenvalue weighted by Crippen LogP contribution is -1.96. The fourth-order valence-electron chi connectivity index (χ4n) is 1.08. The highest BCUT2D eigenvalue weighted by Crippen LogP contribution is 2.21. The normalized spacial score (nSPS) is 12.2. The maximum absolute atomic E-state index is 5.18. The Labute approximate surface area is 79.9 Å². The Hall–Kier alpha value is -1.42. The number of rotatable bonds is 1. The van der Waals surface area contributed by atoms with Crippen molar-refractivity contribution in [2.45, 2.75) is 6.92 Å². The van der Waals surface area contributed by atoms with E-state index >= 15 is 0 Å². The Morgan fingerprint density at radius 3 is 2.92 bits per heavy atom. The lowest BCUT2D eigenvalue weighted by atomic mass is 10.3. The Morgan fingerprint density at radius 2 is 2.23 bits per heavy atom. The van der Waals surface area contributed by atoms with Gasteiger partial charge in [-0.3, -0.25) is 0 Å². The summed E-state index contributed by atoms with van der Waals surface area (Å²) in [5, 5.41) is 4.51. The summed E-state index contributed by atoms with van der Waals surface area (Å²) in [6.45, 7) is 1.86. The van der Waals surface area contributed by atoms with E-state index in [-0.39, 0.29) is 0 Å². The fraction of sp³-hybridized carbons (Fsp3) is 0.111. The molecule has 0 bridgehead atoms. The van der Waals surface area contributed by atoms with Crippen molar-refractivity contribution in [1.82, 2.24) is 4.98 Å². The minimum Gasteiger partial charge on any atom is -0.323 e. The van der Waals surface area contributed by atoms with Gasteiger partial charge < -0.3 is 5.84 Å². The van der Waals surface area contributed by atoms with Gasteiger partial charge in [-0.1, -0.05) is 12.1 Å². The lowest BCUT2D eigenvalue weighted by Gasteiger charge is -1.87. The zero-order valence-corrected chi connectivity index (χ0v) is 8.01. The summed E-state index contributed by atoms with van der Waals surface area (Å²) in [7, 11) is 0. The average Bonchev–Trinajstić information content (AvgIpc) is 2.59. The molecule has 0 atom stereocenters. The van der Waals surface area contributed by atoms with Crippen molar-refractivity contribution in [3.63, 3.8) is 0 Å². The highest BCUT2D eigenvalue weighted by Gasteiger charge is 2.04. The molecule has 0 aliphatic carbocycles. The molecule has 66 valence electrons. The molecule has 0 radical (unpaired) electrons. The first-order valence-electron chi connectivity index (χ1n) is 3.91. The van der Waals surface area contributed by atoms with E-state index in [9.17, 15) is 0 Å². The molecule has 13 heavy (non-hydrogen) atoms. The molecule has 0 unspecified atom stereocenters. The number of hydrogen-bond donors (Lipinski definition) is 1. The number of hydrogen-bond acceptors (Lipinski definition) is 4. The van der Waals surface area contributed by atoms with E-state index in [0.29, 0.717) is 0 Å². The fourth-order valence-corrected chi connectivity index (χ4v) is 2.00. The Bertz CT molecular complexity index is 426. The molecule has 1 heterocycles. The van der Waals surface area contributed by atoms with Gasteiger partial charge in [0.1, 0.15) is 5.01 Å². The summed E-state index contributed by atoms with van der Waals surface area (Å²) in [6, 6.07) is 8.00. The second-order valence-electron chi connectivity index (χ2n) is 2.70. The van der Waals surface area contributed by atoms with Crippen molar-refractivity contribution in [3.8, 4) is 0 Å². The van der Waals surface area contributed by atoms with E-state index in [1.165, 1.54) is 4.70 Å². The number of nitrogens with two attached hydrogens (primary N) is 1. The zero-order valence-electron chi connectivity index (χ0n) is 7.19. The largest absolute Gasteiger partial charge is 0.323 e. The van der Waals surface area contributed by atoms with Crippen LogP contribution in [0.15, 0.2) is 29.4 Å². The van der Waals surface area contributed by atoms with Crippen molar-refractivity contribution in [1.29, 1.82) is 0 Å². The molecule has 0 saturated carbocycles. The molecule has 0 aliphatic heterocycles. The van der Waals surface area contributed by atoms with E-state index in [1.54, 1.807) is 11.3 Å². The summed E-state index contributed by atoms with van der Waals surface area (Å²) >= 11 is 1.61. The molecule has 2 aromatic rings. The van der Waals surface area contributed by atoms with Crippen LogP contribution in [0.2, 0.25) is 0 Å². The van der Waals surface area contributed by atoms with Crippen molar-refractivity contribution in [2.24, 2.45) is 10.9 Å². The van der Waals surface area contributed by atoms with Crippen LogP contribution in [0.1, 0.15) is 11.9 Å². The first-order valence-corrected chi connectivity index (χ1v) is 4.73. The average molecular weight is 191 g/mol. The Balaban J connectivity index is 2.62. The minimum absolute atomic E-state index is 0.779. The molecular formula is C9H9N3S. The maximum Gasteiger partial charge on any atom is 0.140 e. The number of aromatic nitrogens is 1. The molecule has 2 N–H and O–H groups in total. The van der Waals surface area contributed by atoms with Gasteiger partial charge in [0.2, 0.25) is 0 Å². The van der Waals surface area contributed by atoms with E-state index < -0.39 is 0 Å².